The topological polar surface area (TPSA) is 58.2 Å². The number of hydrogen-bond donors (Lipinski definition) is 2. The van der Waals surface area contributed by atoms with Crippen molar-refractivity contribution < 1.29 is 9.59 Å². The first-order valence-corrected chi connectivity index (χ1v) is 10.0. The zero-order chi connectivity index (χ0) is 21.3. The first-order valence-electron chi connectivity index (χ1n) is 10.0. The summed E-state index contributed by atoms with van der Waals surface area (Å²) in [5.74, 6) is 0.200. The van der Waals surface area contributed by atoms with Gasteiger partial charge in [-0.1, -0.05) is 68.4 Å². The van der Waals surface area contributed by atoms with Gasteiger partial charge in [0.15, 0.2) is 0 Å². The van der Waals surface area contributed by atoms with E-state index in [1.807, 2.05) is 42.5 Å². The van der Waals surface area contributed by atoms with Gasteiger partial charge < -0.3 is 10.6 Å². The lowest BCUT2D eigenvalue weighted by atomic mass is 10.0. The van der Waals surface area contributed by atoms with E-state index in [2.05, 4.69) is 36.6 Å². The minimum absolute atomic E-state index is 0.0793. The van der Waals surface area contributed by atoms with Gasteiger partial charge >= 0.3 is 0 Å². The van der Waals surface area contributed by atoms with Gasteiger partial charge in [-0.25, -0.2) is 0 Å². The molecule has 0 unspecified atom stereocenters. The van der Waals surface area contributed by atoms with Crippen LogP contribution < -0.4 is 10.6 Å². The second-order valence-electron chi connectivity index (χ2n) is 7.43. The van der Waals surface area contributed by atoms with Crippen LogP contribution in [-0.2, 0) is 16.0 Å². The summed E-state index contributed by atoms with van der Waals surface area (Å²) in [6.45, 7) is 4.30. The molecule has 3 rings (SSSR count). The molecule has 4 nitrogen and oxygen atoms in total. The second-order valence-corrected chi connectivity index (χ2v) is 7.43. The molecule has 0 aromatic heterocycles. The van der Waals surface area contributed by atoms with E-state index in [0.29, 0.717) is 23.7 Å². The van der Waals surface area contributed by atoms with E-state index in [-0.39, 0.29) is 11.8 Å². The lowest BCUT2D eigenvalue weighted by Crippen LogP contribution is -2.14. The Morgan fingerprint density at radius 2 is 1.40 bits per heavy atom. The fourth-order valence-electron chi connectivity index (χ4n) is 2.97. The van der Waals surface area contributed by atoms with Crippen LogP contribution in [0.4, 0.5) is 11.4 Å². The van der Waals surface area contributed by atoms with Gasteiger partial charge in [0.05, 0.1) is 6.42 Å². The van der Waals surface area contributed by atoms with Crippen LogP contribution in [0.25, 0.3) is 6.08 Å². The lowest BCUT2D eigenvalue weighted by molar-refractivity contribution is -0.115. The van der Waals surface area contributed by atoms with Crippen LogP contribution in [0, 0.1) is 0 Å². The van der Waals surface area contributed by atoms with Gasteiger partial charge in [-0.15, -0.1) is 0 Å². The smallest absolute Gasteiger partial charge is 0.248 e. The van der Waals surface area contributed by atoms with Crippen LogP contribution in [0.3, 0.4) is 0 Å². The van der Waals surface area contributed by atoms with E-state index in [1.165, 1.54) is 11.6 Å². The molecule has 152 valence electrons. The molecule has 0 aliphatic carbocycles. The molecule has 0 aliphatic rings. The molecule has 2 amide bonds. The Labute approximate surface area is 177 Å². The standard InChI is InChI=1S/C26H26N2O2/c1-19(2)22-11-8-20(9-12-22)10-17-25(29)27-23-13-15-24(16-14-23)28-26(30)18-21-6-4-3-5-7-21/h3-17,19H,18H2,1-2H3,(H,27,29)(H,28,30)/b17-10+. The molecule has 30 heavy (non-hydrogen) atoms. The van der Waals surface area contributed by atoms with Gasteiger partial charge in [0.2, 0.25) is 11.8 Å². The van der Waals surface area contributed by atoms with Gasteiger partial charge in [-0.05, 0) is 52.9 Å². The number of anilines is 2. The summed E-state index contributed by atoms with van der Waals surface area (Å²) in [6.07, 6.45) is 3.62. The third-order valence-electron chi connectivity index (χ3n) is 4.67. The number of carbonyl (C=O) groups is 2. The van der Waals surface area contributed by atoms with Crippen molar-refractivity contribution in [3.8, 4) is 0 Å². The average molecular weight is 399 g/mol. The summed E-state index contributed by atoms with van der Waals surface area (Å²) in [7, 11) is 0. The van der Waals surface area contributed by atoms with Crippen molar-refractivity contribution in [2.24, 2.45) is 0 Å². The number of hydrogen-bond acceptors (Lipinski definition) is 2. The molecular weight excluding hydrogens is 372 g/mol. The summed E-state index contributed by atoms with van der Waals surface area (Å²) >= 11 is 0. The Balaban J connectivity index is 1.50. The average Bonchev–Trinajstić information content (AvgIpc) is 2.74. The van der Waals surface area contributed by atoms with Crippen LogP contribution in [0.15, 0.2) is 84.9 Å². The molecule has 0 bridgehead atoms. The van der Waals surface area contributed by atoms with Crippen LogP contribution >= 0.6 is 0 Å². The monoisotopic (exact) mass is 398 g/mol. The number of amides is 2. The van der Waals surface area contributed by atoms with Crippen molar-refractivity contribution >= 4 is 29.3 Å². The fraction of sp³-hybridized carbons (Fsp3) is 0.154. The third kappa shape index (κ3) is 6.45. The molecule has 0 aliphatic heterocycles. The van der Waals surface area contributed by atoms with Crippen LogP contribution in [0.2, 0.25) is 0 Å². The minimum Gasteiger partial charge on any atom is -0.326 e. The molecule has 0 saturated carbocycles. The number of benzene rings is 3. The van der Waals surface area contributed by atoms with Crippen molar-refractivity contribution in [3.63, 3.8) is 0 Å². The van der Waals surface area contributed by atoms with Gasteiger partial charge in [-0.3, -0.25) is 9.59 Å². The van der Waals surface area contributed by atoms with E-state index in [0.717, 1.165) is 11.1 Å². The molecule has 0 radical (unpaired) electrons. The maximum absolute atomic E-state index is 12.2. The van der Waals surface area contributed by atoms with Gasteiger partial charge in [0.25, 0.3) is 0 Å². The van der Waals surface area contributed by atoms with E-state index in [1.54, 1.807) is 30.3 Å². The summed E-state index contributed by atoms with van der Waals surface area (Å²) < 4.78 is 0. The molecule has 0 saturated heterocycles. The maximum atomic E-state index is 12.2. The zero-order valence-electron chi connectivity index (χ0n) is 17.3. The molecule has 0 heterocycles. The highest BCUT2D eigenvalue weighted by Gasteiger charge is 2.05. The molecule has 3 aromatic rings. The summed E-state index contributed by atoms with van der Waals surface area (Å²) in [5, 5.41) is 5.69. The largest absolute Gasteiger partial charge is 0.326 e. The SMILES string of the molecule is CC(C)c1ccc(/C=C/C(=O)Nc2ccc(NC(=O)Cc3ccccc3)cc2)cc1. The van der Waals surface area contributed by atoms with Crippen molar-refractivity contribution in [3.05, 3.63) is 102 Å². The highest BCUT2D eigenvalue weighted by molar-refractivity contribution is 6.02. The summed E-state index contributed by atoms with van der Waals surface area (Å²) in [5.41, 5.74) is 4.57. The van der Waals surface area contributed by atoms with E-state index < -0.39 is 0 Å². The fourth-order valence-corrected chi connectivity index (χ4v) is 2.97. The van der Waals surface area contributed by atoms with Crippen molar-refractivity contribution in [2.75, 3.05) is 10.6 Å². The van der Waals surface area contributed by atoms with Gasteiger partial charge in [0.1, 0.15) is 0 Å². The summed E-state index contributed by atoms with van der Waals surface area (Å²) in [6, 6.07) is 24.8. The van der Waals surface area contributed by atoms with Gasteiger partial charge in [0, 0.05) is 17.5 Å². The Kier molecular flexibility index (Phi) is 7.17. The Morgan fingerprint density at radius 3 is 2.00 bits per heavy atom. The Morgan fingerprint density at radius 1 is 0.800 bits per heavy atom. The maximum Gasteiger partial charge on any atom is 0.248 e. The van der Waals surface area contributed by atoms with Crippen LogP contribution in [0.1, 0.15) is 36.5 Å². The highest BCUT2D eigenvalue weighted by atomic mass is 16.2. The highest BCUT2D eigenvalue weighted by Crippen LogP contribution is 2.16. The normalized spacial score (nSPS) is 10.9. The number of carbonyl (C=O) groups excluding carboxylic acids is 2. The number of rotatable bonds is 7. The predicted octanol–water partition coefficient (Wildman–Crippen LogP) is 5.64. The van der Waals surface area contributed by atoms with Crippen molar-refractivity contribution in [1.29, 1.82) is 0 Å². The number of nitrogens with one attached hydrogen (secondary N) is 2. The zero-order valence-corrected chi connectivity index (χ0v) is 17.3. The van der Waals surface area contributed by atoms with E-state index in [4.69, 9.17) is 0 Å². The van der Waals surface area contributed by atoms with E-state index >= 15 is 0 Å². The van der Waals surface area contributed by atoms with E-state index in [9.17, 15) is 9.59 Å². The summed E-state index contributed by atoms with van der Waals surface area (Å²) in [4.78, 5) is 24.3. The molecule has 3 aromatic carbocycles. The minimum atomic E-state index is -0.205. The Hall–Kier alpha value is -3.66. The van der Waals surface area contributed by atoms with Crippen LogP contribution in [-0.4, -0.2) is 11.8 Å². The Bertz CT molecular complexity index is 1010. The first-order chi connectivity index (χ1) is 14.5. The second kappa shape index (κ2) is 10.2. The molecule has 0 spiro atoms. The lowest BCUT2D eigenvalue weighted by Gasteiger charge is -2.07. The molecular formula is C26H26N2O2. The third-order valence-corrected chi connectivity index (χ3v) is 4.67. The quantitative estimate of drug-likeness (QED) is 0.506. The molecule has 2 N–H and O–H groups in total. The molecule has 0 fully saturated rings. The molecule has 0 atom stereocenters. The van der Waals surface area contributed by atoms with Crippen molar-refractivity contribution in [2.45, 2.75) is 26.2 Å². The molecule has 4 heteroatoms. The van der Waals surface area contributed by atoms with Gasteiger partial charge in [-0.2, -0.15) is 0 Å². The predicted molar refractivity (Wildman–Crippen MR) is 123 cm³/mol. The van der Waals surface area contributed by atoms with Crippen LogP contribution in [0.5, 0.6) is 0 Å². The van der Waals surface area contributed by atoms with Crippen molar-refractivity contribution in [1.82, 2.24) is 0 Å². The first kappa shape index (κ1) is 21.1.